The zero-order chi connectivity index (χ0) is 86.8. The number of amides is 10. The van der Waals surface area contributed by atoms with Crippen molar-refractivity contribution >= 4 is 87.5 Å². The largest absolute Gasteiger partial charge is 0.496 e. The number of methoxy groups -OCH3 is 1. The van der Waals surface area contributed by atoms with Gasteiger partial charge in [0.15, 0.2) is 11.6 Å². The maximum Gasteiger partial charge on any atom is 0.309 e. The van der Waals surface area contributed by atoms with Crippen LogP contribution >= 0.6 is 0 Å². The number of aromatic amines is 1. The van der Waals surface area contributed by atoms with Gasteiger partial charge in [-0.1, -0.05) is 167 Å². The third-order valence-electron chi connectivity index (χ3n) is 22.4. The van der Waals surface area contributed by atoms with Gasteiger partial charge in [-0.05, 0) is 111 Å². The van der Waals surface area contributed by atoms with Crippen molar-refractivity contribution in [1.29, 1.82) is 0 Å². The molecule has 0 spiro atoms. The summed E-state index contributed by atoms with van der Waals surface area (Å²) in [5.41, 5.74) is 1.40. The molecule has 2 aromatic carbocycles. The van der Waals surface area contributed by atoms with Crippen molar-refractivity contribution in [1.82, 2.24) is 61.0 Å². The lowest BCUT2D eigenvalue weighted by Crippen LogP contribution is -2.65. The number of carbonyl (C=O) groups excluding carboxylic acids is 13. The Morgan fingerprint density at radius 1 is 0.579 bits per heavy atom. The number of H-pyrrole nitrogens is 1. The monoisotopic (exact) mass is 1600 g/mol. The summed E-state index contributed by atoms with van der Waals surface area (Å²) in [4.78, 5) is 209. The van der Waals surface area contributed by atoms with Crippen LogP contribution in [0, 0.1) is 65.1 Å². The van der Waals surface area contributed by atoms with Crippen LogP contribution in [-0.2, 0) is 73.5 Å². The Morgan fingerprint density at radius 2 is 1.11 bits per heavy atom. The number of hydrogen-bond donors (Lipinski definition) is 8. The number of nitrogens with one attached hydrogen (secondary N) is 6. The molecule has 1 saturated heterocycles. The molecule has 0 bridgehead atoms. The molecule has 17 atom stereocenters. The molecule has 29 nitrogen and oxygen atoms in total. The van der Waals surface area contributed by atoms with Crippen LogP contribution in [0.1, 0.15) is 181 Å². The van der Waals surface area contributed by atoms with Crippen LogP contribution in [0.5, 0.6) is 5.75 Å². The first-order valence-corrected chi connectivity index (χ1v) is 40.3. The van der Waals surface area contributed by atoms with Gasteiger partial charge in [-0.2, -0.15) is 0 Å². The molecule has 638 valence electrons. The van der Waals surface area contributed by atoms with E-state index < -0.39 is 227 Å². The molecule has 17 unspecified atom stereocenters. The number of benzene rings is 2. The van der Waals surface area contributed by atoms with E-state index >= 15 is 52.7 Å². The summed E-state index contributed by atoms with van der Waals surface area (Å²) in [7, 11) is 11.7. The standard InChI is InChI=1S/C85H136N12O17/c1-29-51(18)72(96(26)82(109)67(48(12)13)88-77(104)70(49(14)15)92(21)22)78(105)90-68-53(20)114-85(112)57(45(6)7)41-62(100)69(74(101)54-34-31-30-32-35-54)91-75(102)56(44(4)5)40-61(99)59(39-55-42-86-58-36-33-37-63(113-28)64(55)58)93(23)84(111)71(50(16)17)95(25)81(108)66(47(10)11)87-76(103)60(38-43(2)3)94(24)80(107)65(46(8)9)89-79(106)73(52(19)98)97(27)83(68)110/h30-37,42-53,56-57,59-60,65-74,86,98,101H,29,38-41H2,1-28H3,(H,87,103)(H,88,104)(H,89,106)(H,90,105)(H,91,102). The fourth-order valence-corrected chi connectivity index (χ4v) is 15.3. The van der Waals surface area contributed by atoms with Gasteiger partial charge in [-0.3, -0.25) is 67.2 Å². The maximum atomic E-state index is 15.8. The topological polar surface area (TPSA) is 376 Å². The number of fused-ring (bicyclic) bond motifs is 1. The molecule has 114 heavy (non-hydrogen) atoms. The van der Waals surface area contributed by atoms with Crippen LogP contribution in [0.15, 0.2) is 54.7 Å². The zero-order valence-corrected chi connectivity index (χ0v) is 72.9. The highest BCUT2D eigenvalue weighted by atomic mass is 16.5. The summed E-state index contributed by atoms with van der Waals surface area (Å²) in [5, 5.41) is 38.8. The Balaban J connectivity index is 2.09. The van der Waals surface area contributed by atoms with Crippen molar-refractivity contribution in [2.45, 2.75) is 255 Å². The molecule has 1 aliphatic heterocycles. The number of ketones is 2. The number of nitrogens with zero attached hydrogens (tertiary/aromatic N) is 6. The number of ether oxygens (including phenoxy) is 2. The number of carbonyl (C=O) groups is 13. The van der Waals surface area contributed by atoms with E-state index in [0.717, 1.165) is 16.8 Å². The predicted octanol–water partition coefficient (Wildman–Crippen LogP) is 6.10. The van der Waals surface area contributed by atoms with Crippen molar-refractivity contribution in [2.75, 3.05) is 56.4 Å². The summed E-state index contributed by atoms with van der Waals surface area (Å²) in [6, 6.07) is -2.33. The van der Waals surface area contributed by atoms with Gasteiger partial charge in [0, 0.05) is 77.5 Å². The fraction of sp³-hybridized carbons (Fsp3) is 0.682. The molecule has 10 amide bonds. The minimum Gasteiger partial charge on any atom is -0.496 e. The second-order valence-electron chi connectivity index (χ2n) is 34.4. The number of Topliss-reactive ketones (excluding diaryl/α,β-unsaturated/α-hetero) is 2. The van der Waals surface area contributed by atoms with Gasteiger partial charge < -0.3 is 75.8 Å². The molecular weight excluding hydrogens is 1460 g/mol. The van der Waals surface area contributed by atoms with E-state index in [-0.39, 0.29) is 36.7 Å². The first-order chi connectivity index (χ1) is 53.0. The van der Waals surface area contributed by atoms with Crippen molar-refractivity contribution < 1.29 is 82.0 Å². The maximum absolute atomic E-state index is 15.8. The Labute approximate surface area is 676 Å². The molecule has 0 radical (unpaired) electrons. The Morgan fingerprint density at radius 3 is 1.60 bits per heavy atom. The first kappa shape index (κ1) is 97.5. The minimum absolute atomic E-state index is 0.0384. The van der Waals surface area contributed by atoms with Gasteiger partial charge in [0.1, 0.15) is 72.3 Å². The molecule has 0 saturated carbocycles. The lowest BCUT2D eigenvalue weighted by atomic mass is 9.84. The Hall–Kier alpha value is -8.83. The molecule has 1 aromatic heterocycles. The lowest BCUT2D eigenvalue weighted by Gasteiger charge is -2.39. The Bertz CT molecular complexity index is 3790. The quantitative estimate of drug-likeness (QED) is 0.0469. The van der Waals surface area contributed by atoms with Crippen molar-refractivity contribution in [3.05, 3.63) is 65.9 Å². The molecule has 29 heteroatoms. The molecule has 3 aromatic rings. The fourth-order valence-electron chi connectivity index (χ4n) is 15.3. The first-order valence-electron chi connectivity index (χ1n) is 40.3. The number of aromatic nitrogens is 1. The molecule has 8 N–H and O–H groups in total. The van der Waals surface area contributed by atoms with Crippen LogP contribution in [0.4, 0.5) is 0 Å². The second-order valence-corrected chi connectivity index (χ2v) is 34.4. The average Bonchev–Trinajstić information content (AvgIpc) is 1.65. The summed E-state index contributed by atoms with van der Waals surface area (Å²) in [6.45, 7) is 33.5. The van der Waals surface area contributed by atoms with Crippen molar-refractivity contribution in [3.8, 4) is 5.75 Å². The van der Waals surface area contributed by atoms with E-state index in [4.69, 9.17) is 9.47 Å². The number of esters is 1. The van der Waals surface area contributed by atoms with E-state index in [1.165, 1.54) is 76.0 Å². The summed E-state index contributed by atoms with van der Waals surface area (Å²) in [6.07, 6.45) is -4.63. The zero-order valence-electron chi connectivity index (χ0n) is 72.9. The molecule has 2 heterocycles. The number of likely N-dealkylation sites (N-methyl/N-ethyl adjacent to an activating group) is 6. The second kappa shape index (κ2) is 43.2. The van der Waals surface area contributed by atoms with E-state index in [9.17, 15) is 19.8 Å². The lowest BCUT2D eigenvalue weighted by molar-refractivity contribution is -0.162. The van der Waals surface area contributed by atoms with Crippen molar-refractivity contribution in [2.24, 2.45) is 65.1 Å². The number of aliphatic hydroxyl groups is 2. The predicted molar refractivity (Wildman–Crippen MR) is 436 cm³/mol. The van der Waals surface area contributed by atoms with Gasteiger partial charge in [-0.15, -0.1) is 0 Å². The minimum atomic E-state index is -1.98. The summed E-state index contributed by atoms with van der Waals surface area (Å²) >= 11 is 0. The average molecular weight is 1600 g/mol. The van der Waals surface area contributed by atoms with Crippen LogP contribution in [-0.4, -0.2) is 256 Å². The van der Waals surface area contributed by atoms with Crippen LogP contribution in [0.2, 0.25) is 0 Å². The smallest absolute Gasteiger partial charge is 0.309 e. The van der Waals surface area contributed by atoms with Gasteiger partial charge in [0.25, 0.3) is 0 Å². The molecule has 4 rings (SSSR count). The van der Waals surface area contributed by atoms with E-state index in [1.807, 2.05) is 33.8 Å². The normalized spacial score (nSPS) is 24.5. The number of rotatable bonds is 24. The van der Waals surface area contributed by atoms with Crippen LogP contribution < -0.4 is 31.3 Å². The molecular formula is C85H136N12O17. The van der Waals surface area contributed by atoms with Gasteiger partial charge in [-0.25, -0.2) is 0 Å². The highest BCUT2D eigenvalue weighted by Crippen LogP contribution is 2.33. The van der Waals surface area contributed by atoms with Crippen molar-refractivity contribution in [3.63, 3.8) is 0 Å². The van der Waals surface area contributed by atoms with Gasteiger partial charge in [0.05, 0.1) is 31.2 Å². The summed E-state index contributed by atoms with van der Waals surface area (Å²) in [5.74, 6) is -17.8. The highest BCUT2D eigenvalue weighted by Gasteiger charge is 2.48. The molecule has 1 aliphatic rings. The van der Waals surface area contributed by atoms with Gasteiger partial charge in [0.2, 0.25) is 59.1 Å². The molecule has 0 aliphatic carbocycles. The van der Waals surface area contributed by atoms with E-state index in [2.05, 4.69) is 31.6 Å². The third kappa shape index (κ3) is 24.4. The van der Waals surface area contributed by atoms with Crippen LogP contribution in [0.25, 0.3) is 10.9 Å². The summed E-state index contributed by atoms with van der Waals surface area (Å²) < 4.78 is 12.0. The van der Waals surface area contributed by atoms with Gasteiger partial charge >= 0.3 is 5.97 Å². The van der Waals surface area contributed by atoms with E-state index in [0.29, 0.717) is 22.2 Å². The SMILES string of the molecule is CCC(C)C(C(=O)NC1C(=O)N(C)C(C(C)O)C(=O)NC(C(C)C)C(=O)N(C)C(CC(C)C)C(=O)NC(C(C)C)C(=O)N(C)C(C(C)C)C(=O)N(C)C(Cc2c[nH]c3cccc(OC)c23)C(=O)CC(C(C)C)C(=O)NC(C(O)c2ccccc2)C(=O)CC(C(C)C)C(=O)OC1C)N(C)C(=O)C(NC(=O)C(C(C)C)N(C)C)C(C)C. The Kier molecular flexibility index (Phi) is 37.0. The number of hydrogen-bond acceptors (Lipinski definition) is 18. The highest BCUT2D eigenvalue weighted by molar-refractivity contribution is 6.01. The number of aliphatic hydroxyl groups excluding tert-OH is 2. The van der Waals surface area contributed by atoms with Crippen LogP contribution in [0.3, 0.4) is 0 Å². The van der Waals surface area contributed by atoms with E-state index in [1.54, 1.807) is 152 Å². The molecule has 1 fully saturated rings. The number of cyclic esters (lactones) is 1. The third-order valence-corrected chi connectivity index (χ3v) is 22.4.